The van der Waals surface area contributed by atoms with Crippen LogP contribution in [0.5, 0.6) is 0 Å². The molecule has 1 aliphatic carbocycles. The summed E-state index contributed by atoms with van der Waals surface area (Å²) in [5.41, 5.74) is 6.79. The van der Waals surface area contributed by atoms with Crippen LogP contribution in [-0.4, -0.2) is 18.6 Å². The van der Waals surface area contributed by atoms with Crippen LogP contribution in [0.4, 0.5) is 11.4 Å². The number of nitrogen functional groups attached to an aromatic ring is 1. The lowest BCUT2D eigenvalue weighted by atomic mass is 10.2. The highest BCUT2D eigenvalue weighted by Gasteiger charge is 2.22. The van der Waals surface area contributed by atoms with Gasteiger partial charge in [0.15, 0.2) is 0 Å². The van der Waals surface area contributed by atoms with E-state index in [4.69, 9.17) is 22.1 Å². The molecule has 2 rings (SSSR count). The number of ether oxygens (including phenoxy) is 1. The molecule has 0 heterocycles. The van der Waals surface area contributed by atoms with Crippen molar-refractivity contribution in [2.45, 2.75) is 32.3 Å². The maximum atomic E-state index is 11.9. The molecular weight excluding hydrogens is 264 g/mol. The van der Waals surface area contributed by atoms with Gasteiger partial charge in [-0.25, -0.2) is 0 Å². The molecule has 0 aliphatic heterocycles. The molecule has 5 heteroatoms. The predicted molar refractivity (Wildman–Crippen MR) is 77.2 cm³/mol. The van der Waals surface area contributed by atoms with Crippen molar-refractivity contribution in [3.63, 3.8) is 0 Å². The first-order valence-electron chi connectivity index (χ1n) is 6.53. The van der Waals surface area contributed by atoms with Gasteiger partial charge >= 0.3 is 0 Å². The van der Waals surface area contributed by atoms with Gasteiger partial charge in [0.2, 0.25) is 0 Å². The summed E-state index contributed by atoms with van der Waals surface area (Å²) in [7, 11) is 0. The molecule has 1 aromatic carbocycles. The van der Waals surface area contributed by atoms with Crippen molar-refractivity contribution in [3.05, 3.63) is 23.2 Å². The lowest BCUT2D eigenvalue weighted by Crippen LogP contribution is -2.28. The van der Waals surface area contributed by atoms with E-state index in [0.29, 0.717) is 23.0 Å². The van der Waals surface area contributed by atoms with Gasteiger partial charge in [-0.2, -0.15) is 0 Å². The summed E-state index contributed by atoms with van der Waals surface area (Å²) in [6.45, 7) is 2.38. The fourth-order valence-corrected chi connectivity index (χ4v) is 1.96. The molecule has 0 saturated heterocycles. The lowest BCUT2D eigenvalue weighted by molar-refractivity contribution is -0.126. The average molecular weight is 283 g/mol. The van der Waals surface area contributed by atoms with Crippen LogP contribution >= 0.6 is 11.6 Å². The molecule has 1 amide bonds. The average Bonchev–Trinajstić information content (AvgIpc) is 3.16. The van der Waals surface area contributed by atoms with Gasteiger partial charge in [0, 0.05) is 11.6 Å². The van der Waals surface area contributed by atoms with E-state index in [1.807, 2.05) is 0 Å². The Bertz CT molecular complexity index is 461. The second-order valence-corrected chi connectivity index (χ2v) is 5.40. The Morgan fingerprint density at radius 1 is 1.58 bits per heavy atom. The molecule has 1 unspecified atom stereocenters. The summed E-state index contributed by atoms with van der Waals surface area (Å²) >= 11 is 5.80. The Kier molecular flexibility index (Phi) is 4.66. The molecule has 0 spiro atoms. The third-order valence-electron chi connectivity index (χ3n) is 3.23. The highest BCUT2D eigenvalue weighted by atomic mass is 35.5. The van der Waals surface area contributed by atoms with Gasteiger partial charge < -0.3 is 15.8 Å². The van der Waals surface area contributed by atoms with Crippen LogP contribution in [0.3, 0.4) is 0 Å². The van der Waals surface area contributed by atoms with Crippen LogP contribution in [0.1, 0.15) is 26.2 Å². The largest absolute Gasteiger partial charge is 0.397 e. The molecule has 3 N–H and O–H groups in total. The molecular formula is C14H19ClN2O2. The number of rotatable bonds is 6. The normalized spacial score (nSPS) is 16.1. The van der Waals surface area contributed by atoms with Gasteiger partial charge in [-0.05, 0) is 37.5 Å². The van der Waals surface area contributed by atoms with Gasteiger partial charge in [-0.15, -0.1) is 0 Å². The van der Waals surface area contributed by atoms with Crippen LogP contribution in [0, 0.1) is 5.92 Å². The van der Waals surface area contributed by atoms with Crippen molar-refractivity contribution in [1.82, 2.24) is 0 Å². The minimum absolute atomic E-state index is 0.190. The van der Waals surface area contributed by atoms with Gasteiger partial charge in [0.25, 0.3) is 5.91 Å². The minimum Gasteiger partial charge on any atom is -0.397 e. The van der Waals surface area contributed by atoms with Crippen LogP contribution in [0.2, 0.25) is 5.02 Å². The van der Waals surface area contributed by atoms with E-state index in [2.05, 4.69) is 5.32 Å². The topological polar surface area (TPSA) is 64.3 Å². The Balaban J connectivity index is 1.81. The van der Waals surface area contributed by atoms with E-state index < -0.39 is 6.10 Å². The summed E-state index contributed by atoms with van der Waals surface area (Å²) in [5, 5.41) is 3.29. The Morgan fingerprint density at radius 3 is 2.95 bits per heavy atom. The number of halogens is 1. The highest BCUT2D eigenvalue weighted by Crippen LogP contribution is 2.32. The smallest absolute Gasteiger partial charge is 0.253 e. The van der Waals surface area contributed by atoms with Crippen molar-refractivity contribution in [2.75, 3.05) is 17.7 Å². The second-order valence-electron chi connectivity index (χ2n) is 4.97. The Hall–Kier alpha value is -1.26. The number of hydrogen-bond donors (Lipinski definition) is 2. The standard InChI is InChI=1S/C14H19ClN2O2/c1-9(19-7-6-10-2-3-10)14(18)17-13-5-4-11(15)8-12(13)16/h4-5,8-10H,2-3,6-7,16H2,1H3,(H,17,18). The summed E-state index contributed by atoms with van der Waals surface area (Å²) in [4.78, 5) is 11.9. The maximum Gasteiger partial charge on any atom is 0.253 e. The Labute approximate surface area is 118 Å². The van der Waals surface area contributed by atoms with E-state index >= 15 is 0 Å². The third kappa shape index (κ3) is 4.40. The zero-order valence-electron chi connectivity index (χ0n) is 11.0. The number of hydrogen-bond acceptors (Lipinski definition) is 3. The first-order valence-corrected chi connectivity index (χ1v) is 6.91. The van der Waals surface area contributed by atoms with Crippen molar-refractivity contribution in [1.29, 1.82) is 0 Å². The number of nitrogens with two attached hydrogens (primary N) is 1. The van der Waals surface area contributed by atoms with Crippen LogP contribution < -0.4 is 11.1 Å². The van der Waals surface area contributed by atoms with Gasteiger partial charge in [0.05, 0.1) is 11.4 Å². The molecule has 19 heavy (non-hydrogen) atoms. The van der Waals surface area contributed by atoms with E-state index in [-0.39, 0.29) is 5.91 Å². The SMILES string of the molecule is CC(OCCC1CC1)C(=O)Nc1ccc(Cl)cc1N. The zero-order valence-corrected chi connectivity index (χ0v) is 11.7. The summed E-state index contributed by atoms with van der Waals surface area (Å²) in [6.07, 6.45) is 3.16. The van der Waals surface area contributed by atoms with Crippen LogP contribution in [0.15, 0.2) is 18.2 Å². The molecule has 0 bridgehead atoms. The molecule has 1 fully saturated rings. The first kappa shape index (κ1) is 14.2. The fraction of sp³-hybridized carbons (Fsp3) is 0.500. The number of carbonyl (C=O) groups is 1. The van der Waals surface area contributed by atoms with Crippen molar-refractivity contribution < 1.29 is 9.53 Å². The third-order valence-corrected chi connectivity index (χ3v) is 3.47. The van der Waals surface area contributed by atoms with E-state index in [9.17, 15) is 4.79 Å². The van der Waals surface area contributed by atoms with E-state index in [1.165, 1.54) is 12.8 Å². The van der Waals surface area contributed by atoms with E-state index in [1.54, 1.807) is 25.1 Å². The van der Waals surface area contributed by atoms with Crippen LogP contribution in [-0.2, 0) is 9.53 Å². The monoisotopic (exact) mass is 282 g/mol. The fourth-order valence-electron chi connectivity index (χ4n) is 1.78. The molecule has 0 radical (unpaired) electrons. The number of carbonyl (C=O) groups excluding carboxylic acids is 1. The Morgan fingerprint density at radius 2 is 2.32 bits per heavy atom. The van der Waals surface area contributed by atoms with Crippen molar-refractivity contribution in [3.8, 4) is 0 Å². The number of anilines is 2. The van der Waals surface area contributed by atoms with Gasteiger partial charge in [-0.3, -0.25) is 4.79 Å². The molecule has 1 saturated carbocycles. The second kappa shape index (κ2) is 6.26. The number of amides is 1. The van der Waals surface area contributed by atoms with E-state index in [0.717, 1.165) is 12.3 Å². The van der Waals surface area contributed by atoms with Gasteiger partial charge in [0.1, 0.15) is 6.10 Å². The molecule has 1 atom stereocenters. The quantitative estimate of drug-likeness (QED) is 0.788. The predicted octanol–water partition coefficient (Wildman–Crippen LogP) is 3.07. The molecule has 1 aliphatic rings. The lowest BCUT2D eigenvalue weighted by Gasteiger charge is -2.14. The maximum absolute atomic E-state index is 11.9. The van der Waals surface area contributed by atoms with Gasteiger partial charge in [-0.1, -0.05) is 24.4 Å². The summed E-state index contributed by atoms with van der Waals surface area (Å²) < 4.78 is 5.51. The van der Waals surface area contributed by atoms with Crippen molar-refractivity contribution in [2.24, 2.45) is 5.92 Å². The first-order chi connectivity index (χ1) is 9.06. The van der Waals surface area contributed by atoms with Crippen LogP contribution in [0.25, 0.3) is 0 Å². The highest BCUT2D eigenvalue weighted by molar-refractivity contribution is 6.31. The summed E-state index contributed by atoms with van der Waals surface area (Å²) in [5.74, 6) is 0.618. The minimum atomic E-state index is -0.478. The number of benzene rings is 1. The molecule has 4 nitrogen and oxygen atoms in total. The molecule has 104 valence electrons. The summed E-state index contributed by atoms with van der Waals surface area (Å²) in [6, 6.07) is 4.98. The zero-order chi connectivity index (χ0) is 13.8. The molecule has 1 aromatic rings. The molecule has 0 aromatic heterocycles. The number of nitrogens with one attached hydrogen (secondary N) is 1. The van der Waals surface area contributed by atoms with Crippen molar-refractivity contribution >= 4 is 28.9 Å².